The number of nitrogens with two attached hydrogens (primary N) is 1. The van der Waals surface area contributed by atoms with E-state index in [-0.39, 0.29) is 11.5 Å². The van der Waals surface area contributed by atoms with Crippen LogP contribution in [0.3, 0.4) is 0 Å². The molecule has 0 amide bonds. The molecule has 2 aromatic rings. The van der Waals surface area contributed by atoms with Gasteiger partial charge in [-0.25, -0.2) is 19.4 Å². The van der Waals surface area contributed by atoms with Gasteiger partial charge in [-0.05, 0) is 31.2 Å². The molecule has 2 N–H and O–H groups in total. The van der Waals surface area contributed by atoms with Crippen LogP contribution in [0.1, 0.15) is 11.4 Å². The summed E-state index contributed by atoms with van der Waals surface area (Å²) in [5.74, 6) is -0.00409. The number of pyridine rings is 2. The van der Waals surface area contributed by atoms with Crippen LogP contribution >= 0.6 is 11.6 Å². The number of aliphatic imine (C=N–C) groups is 2. The van der Waals surface area contributed by atoms with Crippen molar-refractivity contribution in [3.8, 4) is 0 Å². The molecule has 24 heavy (non-hydrogen) atoms. The van der Waals surface area contributed by atoms with Crippen molar-refractivity contribution in [3.05, 3.63) is 77.6 Å². The van der Waals surface area contributed by atoms with Crippen LogP contribution in [-0.2, 0) is 0 Å². The van der Waals surface area contributed by atoms with Gasteiger partial charge in [0.15, 0.2) is 11.7 Å². The van der Waals surface area contributed by atoms with Crippen molar-refractivity contribution in [1.29, 1.82) is 0 Å². The molecule has 0 bridgehead atoms. The molecule has 2 heterocycles. The van der Waals surface area contributed by atoms with Crippen molar-refractivity contribution in [1.82, 2.24) is 9.97 Å². The predicted molar refractivity (Wildman–Crippen MR) is 95.3 cm³/mol. The monoisotopic (exact) mass is 343 g/mol. The molecule has 2 aromatic heterocycles. The Balaban J connectivity index is 2.44. The standard InChI is InChI=1S/C17H15ClFN5/c1-3-4-5-16(23-14-8-9-21-10-12(14)18)24-17(20)15-7-6-13(19)11(2)22-15/h3-10H,1H2,2H3,(H2,20,21,23,24)/b5-4+. The Kier molecular flexibility index (Phi) is 5.92. The first-order chi connectivity index (χ1) is 11.5. The van der Waals surface area contributed by atoms with Crippen LogP contribution in [0.15, 0.2) is 65.4 Å². The van der Waals surface area contributed by atoms with Gasteiger partial charge in [0.1, 0.15) is 11.5 Å². The molecule has 0 spiro atoms. The quantitative estimate of drug-likeness (QED) is 0.521. The predicted octanol–water partition coefficient (Wildman–Crippen LogP) is 3.76. The van der Waals surface area contributed by atoms with Crippen LogP contribution in [0.4, 0.5) is 10.1 Å². The van der Waals surface area contributed by atoms with E-state index in [1.54, 1.807) is 37.4 Å². The molecule has 0 radical (unpaired) electrons. The summed E-state index contributed by atoms with van der Waals surface area (Å²) in [5.41, 5.74) is 7.05. The molecule has 7 heteroatoms. The molecule has 0 aliphatic carbocycles. The summed E-state index contributed by atoms with van der Waals surface area (Å²) in [6, 6.07) is 4.39. The van der Waals surface area contributed by atoms with E-state index in [2.05, 4.69) is 26.5 Å². The number of aryl methyl sites for hydroxylation is 1. The third-order valence-electron chi connectivity index (χ3n) is 2.89. The largest absolute Gasteiger partial charge is 0.382 e. The van der Waals surface area contributed by atoms with E-state index in [1.165, 1.54) is 18.3 Å². The Morgan fingerprint density at radius 2 is 2.17 bits per heavy atom. The number of hydrogen-bond acceptors (Lipinski definition) is 3. The lowest BCUT2D eigenvalue weighted by molar-refractivity contribution is 0.609. The van der Waals surface area contributed by atoms with Gasteiger partial charge < -0.3 is 5.73 Å². The van der Waals surface area contributed by atoms with Crippen LogP contribution in [-0.4, -0.2) is 21.6 Å². The smallest absolute Gasteiger partial charge is 0.155 e. The maximum absolute atomic E-state index is 13.3. The van der Waals surface area contributed by atoms with Crippen molar-refractivity contribution in [3.63, 3.8) is 0 Å². The number of nitrogens with zero attached hydrogens (tertiary/aromatic N) is 4. The molecule has 0 saturated heterocycles. The molecule has 0 aliphatic heterocycles. The van der Waals surface area contributed by atoms with E-state index in [0.29, 0.717) is 22.2 Å². The summed E-state index contributed by atoms with van der Waals surface area (Å²) < 4.78 is 13.3. The molecule has 0 saturated carbocycles. The Bertz CT molecular complexity index is 843. The van der Waals surface area contributed by atoms with Crippen LogP contribution in [0, 0.1) is 12.7 Å². The molecule has 5 nitrogen and oxygen atoms in total. The van der Waals surface area contributed by atoms with Crippen molar-refractivity contribution in [2.45, 2.75) is 6.92 Å². The lowest BCUT2D eigenvalue weighted by Gasteiger charge is -2.03. The minimum atomic E-state index is -0.407. The second-order valence-electron chi connectivity index (χ2n) is 4.65. The molecule has 0 aliphatic rings. The second-order valence-corrected chi connectivity index (χ2v) is 5.06. The first kappa shape index (κ1) is 17.5. The first-order valence-electron chi connectivity index (χ1n) is 6.96. The summed E-state index contributed by atoms with van der Waals surface area (Å²) >= 11 is 6.05. The maximum atomic E-state index is 13.3. The van der Waals surface area contributed by atoms with E-state index < -0.39 is 5.82 Å². The van der Waals surface area contributed by atoms with Crippen LogP contribution in [0.25, 0.3) is 0 Å². The third-order valence-corrected chi connectivity index (χ3v) is 3.18. The van der Waals surface area contributed by atoms with E-state index in [1.807, 2.05) is 0 Å². The average molecular weight is 344 g/mol. The highest BCUT2D eigenvalue weighted by molar-refractivity contribution is 6.33. The van der Waals surface area contributed by atoms with Gasteiger partial charge in [0.25, 0.3) is 0 Å². The van der Waals surface area contributed by atoms with Gasteiger partial charge in [0.05, 0.1) is 16.4 Å². The van der Waals surface area contributed by atoms with Crippen LogP contribution < -0.4 is 5.73 Å². The lowest BCUT2D eigenvalue weighted by Crippen LogP contribution is -2.17. The number of rotatable bonds is 4. The third kappa shape index (κ3) is 4.57. The highest BCUT2D eigenvalue weighted by Gasteiger charge is 2.06. The van der Waals surface area contributed by atoms with E-state index in [9.17, 15) is 4.39 Å². The minimum absolute atomic E-state index is 0.107. The van der Waals surface area contributed by atoms with Gasteiger partial charge in [0.2, 0.25) is 0 Å². The van der Waals surface area contributed by atoms with Gasteiger partial charge in [-0.2, -0.15) is 0 Å². The molecule has 0 unspecified atom stereocenters. The fourth-order valence-electron chi connectivity index (χ4n) is 1.70. The van der Waals surface area contributed by atoms with Crippen molar-refractivity contribution in [2.24, 2.45) is 15.7 Å². The molecule has 122 valence electrons. The topological polar surface area (TPSA) is 76.5 Å². The van der Waals surface area contributed by atoms with E-state index in [0.717, 1.165) is 0 Å². The zero-order valence-electron chi connectivity index (χ0n) is 12.9. The number of amidine groups is 2. The van der Waals surface area contributed by atoms with Gasteiger partial charge in [-0.15, -0.1) is 0 Å². The van der Waals surface area contributed by atoms with Crippen LogP contribution in [0.5, 0.6) is 0 Å². The summed E-state index contributed by atoms with van der Waals surface area (Å²) in [7, 11) is 0. The highest BCUT2D eigenvalue weighted by atomic mass is 35.5. The summed E-state index contributed by atoms with van der Waals surface area (Å²) in [5, 5.41) is 0.381. The first-order valence-corrected chi connectivity index (χ1v) is 7.34. The van der Waals surface area contributed by atoms with Gasteiger partial charge >= 0.3 is 0 Å². The molecule has 2 rings (SSSR count). The molecular formula is C17H15ClFN5. The minimum Gasteiger partial charge on any atom is -0.382 e. The molecular weight excluding hydrogens is 329 g/mol. The number of aromatic nitrogens is 2. The molecule has 0 fully saturated rings. The summed E-state index contributed by atoms with van der Waals surface area (Å²) in [6.07, 6.45) is 7.90. The Morgan fingerprint density at radius 1 is 1.38 bits per heavy atom. The van der Waals surface area contributed by atoms with Gasteiger partial charge in [0, 0.05) is 12.4 Å². The fourth-order valence-corrected chi connectivity index (χ4v) is 1.86. The van der Waals surface area contributed by atoms with Crippen molar-refractivity contribution < 1.29 is 4.39 Å². The van der Waals surface area contributed by atoms with E-state index >= 15 is 0 Å². The average Bonchev–Trinajstić information content (AvgIpc) is 2.57. The summed E-state index contributed by atoms with van der Waals surface area (Å²) in [6.45, 7) is 5.16. The molecule has 0 atom stereocenters. The normalized spacial score (nSPS) is 12.6. The van der Waals surface area contributed by atoms with Gasteiger partial charge in [-0.1, -0.05) is 30.3 Å². The van der Waals surface area contributed by atoms with E-state index in [4.69, 9.17) is 17.3 Å². The zero-order valence-corrected chi connectivity index (χ0v) is 13.7. The number of halogens is 2. The van der Waals surface area contributed by atoms with Crippen LogP contribution in [0.2, 0.25) is 5.02 Å². The second kappa shape index (κ2) is 8.12. The SMILES string of the molecule is C=C/C=C/C(=Nc1ccncc1Cl)N=C(N)c1ccc(F)c(C)n1. The maximum Gasteiger partial charge on any atom is 0.155 e. The van der Waals surface area contributed by atoms with Gasteiger partial charge in [-0.3, -0.25) is 4.98 Å². The zero-order chi connectivity index (χ0) is 17.5. The van der Waals surface area contributed by atoms with Crippen molar-refractivity contribution >= 4 is 29.0 Å². The number of allylic oxidation sites excluding steroid dienone is 2. The lowest BCUT2D eigenvalue weighted by atomic mass is 10.3. The number of hydrogen-bond donors (Lipinski definition) is 1. The highest BCUT2D eigenvalue weighted by Crippen LogP contribution is 2.23. The molecule has 0 aromatic carbocycles. The fraction of sp³-hybridized carbons (Fsp3) is 0.0588. The van der Waals surface area contributed by atoms with Crippen molar-refractivity contribution in [2.75, 3.05) is 0 Å². The summed E-state index contributed by atoms with van der Waals surface area (Å²) in [4.78, 5) is 16.5. The Hall–Kier alpha value is -2.86. The Labute approximate surface area is 144 Å². The Morgan fingerprint density at radius 3 is 2.83 bits per heavy atom.